The maximum atomic E-state index is 10.5. The van der Waals surface area contributed by atoms with E-state index in [1.807, 2.05) is 32.9 Å². The lowest BCUT2D eigenvalue weighted by Crippen LogP contribution is -2.39. The van der Waals surface area contributed by atoms with E-state index in [2.05, 4.69) is 15.6 Å². The van der Waals surface area contributed by atoms with Crippen molar-refractivity contribution in [2.45, 2.75) is 32.9 Å². The first kappa shape index (κ1) is 20.6. The van der Waals surface area contributed by atoms with Gasteiger partial charge in [0.15, 0.2) is 5.96 Å². The molecule has 7 heteroatoms. The summed E-state index contributed by atoms with van der Waals surface area (Å²) in [4.78, 5) is 4.49. The number of furan rings is 1. The zero-order valence-corrected chi connectivity index (χ0v) is 16.6. The van der Waals surface area contributed by atoms with Crippen LogP contribution >= 0.6 is 0 Å². The summed E-state index contributed by atoms with van der Waals surface area (Å²) in [6.07, 6.45) is -0.786. The molecule has 27 heavy (non-hydrogen) atoms. The van der Waals surface area contributed by atoms with Crippen LogP contribution in [0.15, 0.2) is 39.7 Å². The maximum Gasteiger partial charge on any atom is 0.191 e. The molecule has 2 aromatic rings. The Morgan fingerprint density at radius 1 is 1.19 bits per heavy atom. The monoisotopic (exact) mass is 375 g/mol. The van der Waals surface area contributed by atoms with Crippen molar-refractivity contribution < 1.29 is 19.0 Å². The van der Waals surface area contributed by atoms with Crippen LogP contribution in [0.2, 0.25) is 0 Å². The second kappa shape index (κ2) is 9.87. The van der Waals surface area contributed by atoms with Gasteiger partial charge in [0.25, 0.3) is 0 Å². The highest BCUT2D eigenvalue weighted by Gasteiger charge is 2.14. The molecular weight excluding hydrogens is 346 g/mol. The number of rotatable bonds is 8. The molecule has 0 saturated carbocycles. The Bertz CT molecular complexity index is 735. The number of nitrogens with zero attached hydrogens (tertiary/aromatic N) is 1. The number of aliphatic hydroxyl groups excluding tert-OH is 1. The predicted molar refractivity (Wildman–Crippen MR) is 105 cm³/mol. The molecule has 3 N–H and O–H groups in total. The van der Waals surface area contributed by atoms with Crippen LogP contribution in [0.3, 0.4) is 0 Å². The Balaban J connectivity index is 2.09. The van der Waals surface area contributed by atoms with E-state index >= 15 is 0 Å². The van der Waals surface area contributed by atoms with Gasteiger partial charge >= 0.3 is 0 Å². The fourth-order valence-electron chi connectivity index (χ4n) is 2.59. The summed E-state index contributed by atoms with van der Waals surface area (Å²) < 4.78 is 16.2. The third-order valence-electron chi connectivity index (χ3n) is 4.07. The SMILES string of the molecule is CCNC(=NCC(O)c1cc(OC)cc(OC)c1)NC(C)c1ccc(C)o1. The Kier molecular flexibility index (Phi) is 7.55. The average molecular weight is 375 g/mol. The van der Waals surface area contributed by atoms with E-state index in [9.17, 15) is 5.11 Å². The lowest BCUT2D eigenvalue weighted by atomic mass is 10.1. The third kappa shape index (κ3) is 5.92. The summed E-state index contributed by atoms with van der Waals surface area (Å²) in [6, 6.07) is 9.13. The molecule has 0 aliphatic carbocycles. The van der Waals surface area contributed by atoms with Gasteiger partial charge in [-0.3, -0.25) is 4.99 Å². The number of hydrogen-bond acceptors (Lipinski definition) is 5. The topological polar surface area (TPSA) is 88.3 Å². The zero-order chi connectivity index (χ0) is 19.8. The Morgan fingerprint density at radius 3 is 2.37 bits per heavy atom. The third-order valence-corrected chi connectivity index (χ3v) is 4.07. The number of benzene rings is 1. The van der Waals surface area contributed by atoms with Gasteiger partial charge in [-0.25, -0.2) is 0 Å². The number of hydrogen-bond donors (Lipinski definition) is 3. The lowest BCUT2D eigenvalue weighted by molar-refractivity contribution is 0.186. The quantitative estimate of drug-likeness (QED) is 0.486. The molecule has 1 heterocycles. The summed E-state index contributed by atoms with van der Waals surface area (Å²) in [5, 5.41) is 17.0. The van der Waals surface area contributed by atoms with Gasteiger partial charge in [0, 0.05) is 12.6 Å². The zero-order valence-electron chi connectivity index (χ0n) is 16.6. The number of methoxy groups -OCH3 is 2. The van der Waals surface area contributed by atoms with Gasteiger partial charge in [0.2, 0.25) is 0 Å². The van der Waals surface area contributed by atoms with Crippen molar-refractivity contribution in [1.29, 1.82) is 0 Å². The smallest absolute Gasteiger partial charge is 0.191 e. The van der Waals surface area contributed by atoms with Gasteiger partial charge in [0.05, 0.1) is 32.9 Å². The molecule has 0 aliphatic rings. The number of nitrogens with one attached hydrogen (secondary N) is 2. The molecule has 7 nitrogen and oxygen atoms in total. The maximum absolute atomic E-state index is 10.5. The van der Waals surface area contributed by atoms with Crippen LogP contribution in [-0.4, -0.2) is 38.4 Å². The molecule has 1 aromatic carbocycles. The van der Waals surface area contributed by atoms with Crippen LogP contribution in [0.1, 0.15) is 43.1 Å². The number of aliphatic hydroxyl groups is 1. The van der Waals surface area contributed by atoms with E-state index in [1.54, 1.807) is 32.4 Å². The molecule has 1 aromatic heterocycles. The number of aryl methyl sites for hydroxylation is 1. The summed E-state index contributed by atoms with van der Waals surface area (Å²) in [7, 11) is 3.15. The molecule has 0 radical (unpaired) electrons. The fraction of sp³-hybridized carbons (Fsp3) is 0.450. The van der Waals surface area contributed by atoms with Crippen molar-refractivity contribution in [2.24, 2.45) is 4.99 Å². The highest BCUT2D eigenvalue weighted by atomic mass is 16.5. The molecule has 0 amide bonds. The first-order valence-corrected chi connectivity index (χ1v) is 8.99. The Hall–Kier alpha value is -2.67. The van der Waals surface area contributed by atoms with Crippen LogP contribution in [0, 0.1) is 6.92 Å². The standard InChI is InChI=1S/C20H29N3O4/c1-6-21-20(23-14(3)19-8-7-13(2)27-19)22-12-18(24)15-9-16(25-4)11-17(10-15)26-5/h7-11,14,18,24H,6,12H2,1-5H3,(H2,21,22,23). The van der Waals surface area contributed by atoms with E-state index in [1.165, 1.54) is 0 Å². The molecule has 2 unspecified atom stereocenters. The van der Waals surface area contributed by atoms with Gasteiger partial charge in [-0.1, -0.05) is 0 Å². The summed E-state index contributed by atoms with van der Waals surface area (Å²) in [5.41, 5.74) is 0.681. The molecule has 2 atom stereocenters. The normalized spacial score (nSPS) is 13.8. The molecule has 2 rings (SSSR count). The van der Waals surface area contributed by atoms with Crippen LogP contribution in [0.4, 0.5) is 0 Å². The predicted octanol–water partition coefficient (Wildman–Crippen LogP) is 2.95. The van der Waals surface area contributed by atoms with Crippen LogP contribution < -0.4 is 20.1 Å². The molecule has 0 saturated heterocycles. The first-order valence-electron chi connectivity index (χ1n) is 8.99. The van der Waals surface area contributed by atoms with Crippen LogP contribution in [0.25, 0.3) is 0 Å². The van der Waals surface area contributed by atoms with Crippen molar-refractivity contribution in [3.63, 3.8) is 0 Å². The van der Waals surface area contributed by atoms with Crippen molar-refractivity contribution in [3.8, 4) is 11.5 Å². The van der Waals surface area contributed by atoms with Gasteiger partial charge in [-0.15, -0.1) is 0 Å². The molecular formula is C20H29N3O4. The minimum atomic E-state index is -0.786. The van der Waals surface area contributed by atoms with Gasteiger partial charge < -0.3 is 29.6 Å². The van der Waals surface area contributed by atoms with Gasteiger partial charge in [-0.2, -0.15) is 0 Å². The van der Waals surface area contributed by atoms with Crippen LogP contribution in [0.5, 0.6) is 11.5 Å². The van der Waals surface area contributed by atoms with Gasteiger partial charge in [0.1, 0.15) is 23.0 Å². The second-order valence-corrected chi connectivity index (χ2v) is 6.20. The van der Waals surface area contributed by atoms with E-state index in [4.69, 9.17) is 13.9 Å². The Labute approximate surface area is 160 Å². The molecule has 0 bridgehead atoms. The second-order valence-electron chi connectivity index (χ2n) is 6.20. The molecule has 148 valence electrons. The Morgan fingerprint density at radius 2 is 1.85 bits per heavy atom. The minimum Gasteiger partial charge on any atom is -0.497 e. The van der Waals surface area contributed by atoms with E-state index < -0.39 is 6.10 Å². The largest absolute Gasteiger partial charge is 0.497 e. The van der Waals surface area contributed by atoms with Gasteiger partial charge in [-0.05, 0) is 50.6 Å². The van der Waals surface area contributed by atoms with Crippen LogP contribution in [-0.2, 0) is 0 Å². The summed E-state index contributed by atoms with van der Waals surface area (Å²) in [5.74, 6) is 3.55. The average Bonchev–Trinajstić information content (AvgIpc) is 3.12. The van der Waals surface area contributed by atoms with Crippen molar-refractivity contribution in [3.05, 3.63) is 47.4 Å². The van der Waals surface area contributed by atoms with Crippen molar-refractivity contribution in [1.82, 2.24) is 10.6 Å². The summed E-state index contributed by atoms with van der Waals surface area (Å²) in [6.45, 7) is 6.79. The molecule has 0 fully saturated rings. The fourth-order valence-corrected chi connectivity index (χ4v) is 2.59. The highest BCUT2D eigenvalue weighted by Crippen LogP contribution is 2.26. The first-order chi connectivity index (χ1) is 13.0. The molecule has 0 spiro atoms. The highest BCUT2D eigenvalue weighted by molar-refractivity contribution is 5.80. The van der Waals surface area contributed by atoms with E-state index in [0.29, 0.717) is 29.6 Å². The van der Waals surface area contributed by atoms with E-state index in [-0.39, 0.29) is 12.6 Å². The molecule has 0 aliphatic heterocycles. The number of guanidine groups is 1. The van der Waals surface area contributed by atoms with Crippen molar-refractivity contribution >= 4 is 5.96 Å². The lowest BCUT2D eigenvalue weighted by Gasteiger charge is -2.17. The van der Waals surface area contributed by atoms with E-state index in [0.717, 1.165) is 11.5 Å². The summed E-state index contributed by atoms with van der Waals surface area (Å²) >= 11 is 0. The number of aliphatic imine (C=N–C) groups is 1. The minimum absolute atomic E-state index is 0.0504. The van der Waals surface area contributed by atoms with Crippen molar-refractivity contribution in [2.75, 3.05) is 27.3 Å². The number of ether oxygens (including phenoxy) is 2.